The van der Waals surface area contributed by atoms with Gasteiger partial charge in [0.1, 0.15) is 6.54 Å². The molecule has 1 unspecified atom stereocenters. The number of aliphatic carboxylic acids is 1. The number of sulfonamides is 1. The summed E-state index contributed by atoms with van der Waals surface area (Å²) in [6.07, 6.45) is 2.00. The largest absolute Gasteiger partial charge is 0.480 e. The number of aryl methyl sites for hydroxylation is 1. The van der Waals surface area contributed by atoms with Crippen LogP contribution >= 0.6 is 0 Å². The Kier molecular flexibility index (Phi) is 8.18. The normalized spacial score (nSPS) is 18.7. The number of benzene rings is 1. The summed E-state index contributed by atoms with van der Waals surface area (Å²) in [4.78, 5) is 23.3. The third-order valence-electron chi connectivity index (χ3n) is 4.99. The van der Waals surface area contributed by atoms with Gasteiger partial charge in [-0.25, -0.2) is 8.42 Å². The maximum atomic E-state index is 13.0. The summed E-state index contributed by atoms with van der Waals surface area (Å²) in [6.45, 7) is 6.20. The summed E-state index contributed by atoms with van der Waals surface area (Å²) < 4.78 is 27.6. The molecule has 1 fully saturated rings. The number of carboxylic acids is 1. The van der Waals surface area contributed by atoms with E-state index in [0.29, 0.717) is 25.9 Å². The molecule has 0 saturated carbocycles. The summed E-state index contributed by atoms with van der Waals surface area (Å²) in [5, 5.41) is 14.3. The Bertz CT molecular complexity index is 808. The number of carboxylic acid groups (broad SMARTS) is 1. The highest BCUT2D eigenvalue weighted by atomic mass is 32.2. The molecule has 2 rings (SSSR count). The van der Waals surface area contributed by atoms with Crippen LogP contribution in [0.2, 0.25) is 0 Å². The average Bonchev–Trinajstić information content (AvgIpc) is 3.12. The number of rotatable bonds is 10. The van der Waals surface area contributed by atoms with E-state index in [-0.39, 0.29) is 22.8 Å². The van der Waals surface area contributed by atoms with Gasteiger partial charge in [0.25, 0.3) is 0 Å². The van der Waals surface area contributed by atoms with Gasteiger partial charge < -0.3 is 15.7 Å². The van der Waals surface area contributed by atoms with Crippen LogP contribution in [0.3, 0.4) is 0 Å². The van der Waals surface area contributed by atoms with Crippen LogP contribution in [0.1, 0.15) is 38.7 Å². The number of nitrogens with one attached hydrogen (secondary N) is 2. The van der Waals surface area contributed by atoms with Gasteiger partial charge in [-0.15, -0.1) is 0 Å². The molecular formula is C20H31N3O5S. The van der Waals surface area contributed by atoms with Crippen molar-refractivity contribution in [2.45, 2.75) is 57.0 Å². The average molecular weight is 426 g/mol. The SMILES string of the molecule is Cc1ccc(S(=O)(=O)N2CCCC2CN[C@@H](CC(C)C)C(=O)NCC(=O)O)cc1. The van der Waals surface area contributed by atoms with Gasteiger partial charge in [-0.3, -0.25) is 9.59 Å². The van der Waals surface area contributed by atoms with Crippen LogP contribution < -0.4 is 10.6 Å². The third kappa shape index (κ3) is 6.52. The second-order valence-electron chi connectivity index (χ2n) is 7.93. The first-order valence-electron chi connectivity index (χ1n) is 9.92. The fraction of sp³-hybridized carbons (Fsp3) is 0.600. The van der Waals surface area contributed by atoms with Gasteiger partial charge >= 0.3 is 5.97 Å². The quantitative estimate of drug-likeness (QED) is 0.521. The van der Waals surface area contributed by atoms with Crippen LogP contribution in [0.5, 0.6) is 0 Å². The van der Waals surface area contributed by atoms with Crippen molar-refractivity contribution in [3.8, 4) is 0 Å². The van der Waals surface area contributed by atoms with Crippen LogP contribution in [0.4, 0.5) is 0 Å². The number of hydrogen-bond donors (Lipinski definition) is 3. The molecule has 1 amide bonds. The van der Waals surface area contributed by atoms with Crippen LogP contribution in [-0.2, 0) is 19.6 Å². The Hall–Kier alpha value is -1.97. The Morgan fingerprint density at radius 1 is 1.24 bits per heavy atom. The van der Waals surface area contributed by atoms with E-state index in [1.807, 2.05) is 20.8 Å². The van der Waals surface area contributed by atoms with Crippen molar-refractivity contribution in [2.24, 2.45) is 5.92 Å². The lowest BCUT2D eigenvalue weighted by atomic mass is 10.0. The minimum absolute atomic E-state index is 0.221. The third-order valence-corrected chi connectivity index (χ3v) is 6.95. The molecule has 162 valence electrons. The number of carbonyl (C=O) groups excluding carboxylic acids is 1. The summed E-state index contributed by atoms with van der Waals surface area (Å²) in [7, 11) is -3.60. The molecule has 0 spiro atoms. The highest BCUT2D eigenvalue weighted by Crippen LogP contribution is 2.26. The fourth-order valence-electron chi connectivity index (χ4n) is 3.49. The Balaban J connectivity index is 2.06. The van der Waals surface area contributed by atoms with Crippen LogP contribution in [0.15, 0.2) is 29.2 Å². The molecule has 1 saturated heterocycles. The second-order valence-corrected chi connectivity index (χ2v) is 9.82. The number of amides is 1. The zero-order chi connectivity index (χ0) is 21.6. The van der Waals surface area contributed by atoms with E-state index < -0.39 is 28.6 Å². The van der Waals surface area contributed by atoms with E-state index in [2.05, 4.69) is 10.6 Å². The van der Waals surface area contributed by atoms with E-state index in [1.54, 1.807) is 24.3 Å². The van der Waals surface area contributed by atoms with Crippen molar-refractivity contribution >= 4 is 21.9 Å². The van der Waals surface area contributed by atoms with E-state index in [4.69, 9.17) is 5.11 Å². The van der Waals surface area contributed by atoms with Gasteiger partial charge in [0, 0.05) is 19.1 Å². The standard InChI is InChI=1S/C20H31N3O5S/c1-14(2)11-18(20(26)22-13-19(24)25)21-12-16-5-4-10-23(16)29(27,28)17-8-6-15(3)7-9-17/h6-9,14,16,18,21H,4-5,10-13H2,1-3H3,(H,22,26)(H,24,25)/t16?,18-/m0/s1. The lowest BCUT2D eigenvalue weighted by Gasteiger charge is -2.27. The first kappa shape index (κ1) is 23.3. The van der Waals surface area contributed by atoms with Gasteiger partial charge in [0.05, 0.1) is 10.9 Å². The molecule has 1 aromatic carbocycles. The maximum absolute atomic E-state index is 13.0. The molecular weight excluding hydrogens is 394 g/mol. The highest BCUT2D eigenvalue weighted by Gasteiger charge is 2.35. The Morgan fingerprint density at radius 3 is 2.48 bits per heavy atom. The zero-order valence-corrected chi connectivity index (χ0v) is 18.0. The maximum Gasteiger partial charge on any atom is 0.322 e. The predicted octanol–water partition coefficient (Wildman–Crippen LogP) is 1.35. The van der Waals surface area contributed by atoms with Crippen LogP contribution in [-0.4, -0.2) is 61.4 Å². The number of nitrogens with zero attached hydrogens (tertiary/aromatic N) is 1. The first-order valence-corrected chi connectivity index (χ1v) is 11.4. The lowest BCUT2D eigenvalue weighted by molar-refractivity contribution is -0.138. The van der Waals surface area contributed by atoms with Crippen LogP contribution in [0, 0.1) is 12.8 Å². The van der Waals surface area contributed by atoms with Crippen molar-refractivity contribution in [3.63, 3.8) is 0 Å². The van der Waals surface area contributed by atoms with E-state index in [9.17, 15) is 18.0 Å². The minimum atomic E-state index is -3.60. The summed E-state index contributed by atoms with van der Waals surface area (Å²) in [6, 6.07) is 5.98. The predicted molar refractivity (Wildman–Crippen MR) is 110 cm³/mol. The smallest absolute Gasteiger partial charge is 0.322 e. The molecule has 2 atom stereocenters. The highest BCUT2D eigenvalue weighted by molar-refractivity contribution is 7.89. The van der Waals surface area contributed by atoms with Crippen LogP contribution in [0.25, 0.3) is 0 Å². The first-order chi connectivity index (χ1) is 13.6. The van der Waals surface area contributed by atoms with Crippen molar-refractivity contribution in [1.82, 2.24) is 14.9 Å². The molecule has 0 aromatic heterocycles. The van der Waals surface area contributed by atoms with E-state index in [0.717, 1.165) is 12.0 Å². The van der Waals surface area contributed by atoms with Gasteiger partial charge in [0.15, 0.2) is 0 Å². The summed E-state index contributed by atoms with van der Waals surface area (Å²) in [5.74, 6) is -1.26. The number of carbonyl (C=O) groups is 2. The molecule has 8 nitrogen and oxygen atoms in total. The monoisotopic (exact) mass is 425 g/mol. The van der Waals surface area contributed by atoms with Crippen molar-refractivity contribution in [3.05, 3.63) is 29.8 Å². The number of hydrogen-bond acceptors (Lipinski definition) is 5. The molecule has 29 heavy (non-hydrogen) atoms. The van der Waals surface area contributed by atoms with Gasteiger partial charge in [0.2, 0.25) is 15.9 Å². The van der Waals surface area contributed by atoms with Crippen molar-refractivity contribution in [1.29, 1.82) is 0 Å². The molecule has 3 N–H and O–H groups in total. The molecule has 0 bridgehead atoms. The summed E-state index contributed by atoms with van der Waals surface area (Å²) in [5.41, 5.74) is 0.993. The molecule has 1 aromatic rings. The van der Waals surface area contributed by atoms with Gasteiger partial charge in [-0.1, -0.05) is 31.5 Å². The molecule has 1 aliphatic heterocycles. The molecule has 1 heterocycles. The molecule has 9 heteroatoms. The van der Waals surface area contributed by atoms with E-state index in [1.165, 1.54) is 4.31 Å². The summed E-state index contributed by atoms with van der Waals surface area (Å²) >= 11 is 0. The van der Waals surface area contributed by atoms with Crippen molar-refractivity contribution in [2.75, 3.05) is 19.6 Å². The van der Waals surface area contributed by atoms with Gasteiger partial charge in [-0.05, 0) is 44.2 Å². The van der Waals surface area contributed by atoms with Crippen molar-refractivity contribution < 1.29 is 23.1 Å². The second kappa shape index (κ2) is 10.2. The fourth-order valence-corrected chi connectivity index (χ4v) is 5.19. The van der Waals surface area contributed by atoms with Gasteiger partial charge in [-0.2, -0.15) is 4.31 Å². The minimum Gasteiger partial charge on any atom is -0.480 e. The zero-order valence-electron chi connectivity index (χ0n) is 17.2. The van der Waals surface area contributed by atoms with E-state index >= 15 is 0 Å². The Morgan fingerprint density at radius 2 is 1.90 bits per heavy atom. The lowest BCUT2D eigenvalue weighted by Crippen LogP contribution is -2.50. The topological polar surface area (TPSA) is 116 Å². The molecule has 0 aliphatic carbocycles. The Labute approximate surface area is 172 Å². The molecule has 0 radical (unpaired) electrons. The molecule has 1 aliphatic rings.